The van der Waals surface area contributed by atoms with Crippen LogP contribution in [0.3, 0.4) is 0 Å². The van der Waals surface area contributed by atoms with Gasteiger partial charge in [0, 0.05) is 24.8 Å². The Hall–Kier alpha value is -3.16. The number of ether oxygens (including phenoxy) is 2. The maximum absolute atomic E-state index is 14.6. The molecule has 2 amide bonds. The maximum atomic E-state index is 14.6. The molecule has 7 nitrogen and oxygen atoms in total. The molecule has 2 heterocycles. The highest BCUT2D eigenvalue weighted by atomic mass is 19.1. The number of amides is 2. The first-order valence-corrected chi connectivity index (χ1v) is 8.00. The molecule has 1 aliphatic heterocycles. The highest BCUT2D eigenvalue weighted by Crippen LogP contribution is 2.30. The van der Waals surface area contributed by atoms with Crippen molar-refractivity contribution in [2.24, 2.45) is 0 Å². The number of carbonyl (C=O) groups is 2. The highest BCUT2D eigenvalue weighted by molar-refractivity contribution is 5.90. The number of anilines is 1. The summed E-state index contributed by atoms with van der Waals surface area (Å²) in [4.78, 5) is 28.3. The molecule has 1 atom stereocenters. The molecule has 0 unspecified atom stereocenters. The number of hydrogen-bond acceptors (Lipinski definition) is 5. The summed E-state index contributed by atoms with van der Waals surface area (Å²) in [6.07, 6.45) is 0.489. The quantitative estimate of drug-likeness (QED) is 0.886. The van der Waals surface area contributed by atoms with Crippen LogP contribution in [0.5, 0.6) is 5.88 Å². The maximum Gasteiger partial charge on any atom is 0.414 e. The van der Waals surface area contributed by atoms with Crippen LogP contribution in [-0.4, -0.2) is 43.3 Å². The number of pyridine rings is 1. The second-order valence-electron chi connectivity index (χ2n) is 5.80. The van der Waals surface area contributed by atoms with Crippen molar-refractivity contribution in [3.63, 3.8) is 0 Å². The van der Waals surface area contributed by atoms with E-state index in [1.165, 1.54) is 31.2 Å². The van der Waals surface area contributed by atoms with E-state index >= 15 is 0 Å². The molecule has 0 aliphatic carbocycles. The zero-order valence-corrected chi connectivity index (χ0v) is 14.4. The van der Waals surface area contributed by atoms with Crippen molar-refractivity contribution in [3.05, 3.63) is 42.3 Å². The zero-order chi connectivity index (χ0) is 18.7. The standard InChI is InChI=1S/C18H18FN3O4/c1-11(23)21-9-14-10-22(18(24)26-14)13-3-4-15(16(19)8-13)12-5-6-20-17(7-12)25-2/h3-8,14H,9-10H2,1-2H3,(H,21,23)/t14-/m0/s1. The van der Waals surface area contributed by atoms with Gasteiger partial charge in [0.25, 0.3) is 0 Å². The summed E-state index contributed by atoms with van der Waals surface area (Å²) in [6.45, 7) is 1.84. The fourth-order valence-electron chi connectivity index (χ4n) is 2.69. The molecule has 0 spiro atoms. The van der Waals surface area contributed by atoms with Crippen LogP contribution in [0.4, 0.5) is 14.9 Å². The van der Waals surface area contributed by atoms with E-state index in [1.54, 1.807) is 24.3 Å². The first-order chi connectivity index (χ1) is 12.5. The van der Waals surface area contributed by atoms with Crippen molar-refractivity contribution in [2.75, 3.05) is 25.1 Å². The third kappa shape index (κ3) is 3.74. The second-order valence-corrected chi connectivity index (χ2v) is 5.80. The number of aromatic nitrogens is 1. The van der Waals surface area contributed by atoms with Crippen molar-refractivity contribution >= 4 is 17.7 Å². The van der Waals surface area contributed by atoms with E-state index in [4.69, 9.17) is 9.47 Å². The van der Waals surface area contributed by atoms with Gasteiger partial charge in [-0.1, -0.05) is 0 Å². The molecule has 0 saturated carbocycles. The van der Waals surface area contributed by atoms with Crippen LogP contribution in [0.2, 0.25) is 0 Å². The summed E-state index contributed by atoms with van der Waals surface area (Å²) in [5.74, 6) is -0.300. The van der Waals surface area contributed by atoms with E-state index in [-0.39, 0.29) is 19.0 Å². The van der Waals surface area contributed by atoms with E-state index in [1.807, 2.05) is 0 Å². The summed E-state index contributed by atoms with van der Waals surface area (Å²) in [6, 6.07) is 7.82. The molecule has 26 heavy (non-hydrogen) atoms. The van der Waals surface area contributed by atoms with Gasteiger partial charge in [0.15, 0.2) is 0 Å². The Morgan fingerprint density at radius 1 is 1.42 bits per heavy atom. The molecule has 3 rings (SSSR count). The topological polar surface area (TPSA) is 80.8 Å². The average molecular weight is 359 g/mol. The molecule has 1 N–H and O–H groups in total. The number of halogens is 1. The third-order valence-electron chi connectivity index (χ3n) is 3.97. The Bertz CT molecular complexity index is 843. The van der Waals surface area contributed by atoms with Crippen LogP contribution < -0.4 is 15.0 Å². The Morgan fingerprint density at radius 3 is 2.92 bits per heavy atom. The van der Waals surface area contributed by atoms with E-state index in [9.17, 15) is 14.0 Å². The van der Waals surface area contributed by atoms with Gasteiger partial charge < -0.3 is 14.8 Å². The van der Waals surface area contributed by atoms with Gasteiger partial charge in [-0.3, -0.25) is 9.69 Å². The predicted octanol–water partition coefficient (Wildman–Crippen LogP) is 2.36. The van der Waals surface area contributed by atoms with E-state index in [0.717, 1.165) is 0 Å². The van der Waals surface area contributed by atoms with Crippen LogP contribution in [0.1, 0.15) is 6.92 Å². The van der Waals surface area contributed by atoms with Crippen molar-refractivity contribution in [3.8, 4) is 17.0 Å². The highest BCUT2D eigenvalue weighted by Gasteiger charge is 2.32. The van der Waals surface area contributed by atoms with Gasteiger partial charge in [-0.25, -0.2) is 14.2 Å². The summed E-state index contributed by atoms with van der Waals surface area (Å²) in [7, 11) is 1.49. The summed E-state index contributed by atoms with van der Waals surface area (Å²) in [5, 5.41) is 2.60. The van der Waals surface area contributed by atoms with Gasteiger partial charge in [-0.2, -0.15) is 0 Å². The second kappa shape index (κ2) is 7.38. The number of cyclic esters (lactones) is 1. The van der Waals surface area contributed by atoms with Gasteiger partial charge in [-0.15, -0.1) is 0 Å². The van der Waals surface area contributed by atoms with Crippen LogP contribution in [0.25, 0.3) is 11.1 Å². The van der Waals surface area contributed by atoms with E-state index < -0.39 is 18.0 Å². The normalized spacial score (nSPS) is 16.3. The number of benzene rings is 1. The number of hydrogen-bond donors (Lipinski definition) is 1. The number of methoxy groups -OCH3 is 1. The smallest absolute Gasteiger partial charge is 0.414 e. The Morgan fingerprint density at radius 2 is 2.23 bits per heavy atom. The monoisotopic (exact) mass is 359 g/mol. The lowest BCUT2D eigenvalue weighted by molar-refractivity contribution is -0.119. The van der Waals surface area contributed by atoms with Gasteiger partial charge in [-0.05, 0) is 29.8 Å². The number of nitrogens with zero attached hydrogens (tertiary/aromatic N) is 2. The fraction of sp³-hybridized carbons (Fsp3) is 0.278. The van der Waals surface area contributed by atoms with Crippen molar-refractivity contribution in [2.45, 2.75) is 13.0 Å². The first kappa shape index (κ1) is 17.7. The molecule has 1 aromatic carbocycles. The lowest BCUT2D eigenvalue weighted by Gasteiger charge is -2.14. The molecule has 0 radical (unpaired) electrons. The van der Waals surface area contributed by atoms with Crippen molar-refractivity contribution in [1.29, 1.82) is 0 Å². The molecule has 136 valence electrons. The molecule has 1 fully saturated rings. The minimum Gasteiger partial charge on any atom is -0.481 e. The molecule has 8 heteroatoms. The van der Waals surface area contributed by atoms with Crippen LogP contribution >= 0.6 is 0 Å². The predicted molar refractivity (Wildman–Crippen MR) is 92.5 cm³/mol. The average Bonchev–Trinajstić information content (AvgIpc) is 3.00. The van der Waals surface area contributed by atoms with Gasteiger partial charge in [0.1, 0.15) is 11.9 Å². The molecule has 1 aromatic heterocycles. The van der Waals surface area contributed by atoms with Crippen LogP contribution in [-0.2, 0) is 9.53 Å². The summed E-state index contributed by atoms with van der Waals surface area (Å²) < 4.78 is 24.8. The van der Waals surface area contributed by atoms with Gasteiger partial charge in [0.05, 0.1) is 25.9 Å². The third-order valence-corrected chi connectivity index (χ3v) is 3.97. The lowest BCUT2D eigenvalue weighted by Crippen LogP contribution is -2.33. The molecular formula is C18H18FN3O4. The molecule has 1 aliphatic rings. The van der Waals surface area contributed by atoms with E-state index in [2.05, 4.69) is 10.3 Å². The van der Waals surface area contributed by atoms with Gasteiger partial charge >= 0.3 is 6.09 Å². The molecular weight excluding hydrogens is 341 g/mol. The SMILES string of the molecule is COc1cc(-c2ccc(N3C[C@H](CNC(C)=O)OC3=O)cc2F)ccn1. The number of rotatable bonds is 5. The Labute approximate surface area is 149 Å². The minimum atomic E-state index is -0.571. The fourth-order valence-corrected chi connectivity index (χ4v) is 2.69. The van der Waals surface area contributed by atoms with Crippen LogP contribution in [0, 0.1) is 5.82 Å². The lowest BCUT2D eigenvalue weighted by atomic mass is 10.1. The molecule has 0 bridgehead atoms. The van der Waals surface area contributed by atoms with Gasteiger partial charge in [0.2, 0.25) is 11.8 Å². The number of nitrogens with one attached hydrogen (secondary N) is 1. The van der Waals surface area contributed by atoms with Crippen LogP contribution in [0.15, 0.2) is 36.5 Å². The van der Waals surface area contributed by atoms with E-state index in [0.29, 0.717) is 22.7 Å². The zero-order valence-electron chi connectivity index (χ0n) is 14.4. The largest absolute Gasteiger partial charge is 0.481 e. The van der Waals surface area contributed by atoms with Crippen molar-refractivity contribution in [1.82, 2.24) is 10.3 Å². The summed E-state index contributed by atoms with van der Waals surface area (Å²) >= 11 is 0. The molecule has 2 aromatic rings. The number of carbonyl (C=O) groups excluding carboxylic acids is 2. The summed E-state index contributed by atoms with van der Waals surface area (Å²) in [5.41, 5.74) is 1.38. The van der Waals surface area contributed by atoms with Crippen molar-refractivity contribution < 1.29 is 23.5 Å². The Balaban J connectivity index is 1.79. The Kier molecular flexibility index (Phi) is 5.01. The first-order valence-electron chi connectivity index (χ1n) is 8.00. The molecule has 1 saturated heterocycles. The minimum absolute atomic E-state index is 0.206.